The number of nitriles is 1. The van der Waals surface area contributed by atoms with Crippen LogP contribution in [0.15, 0.2) is 24.3 Å². The predicted molar refractivity (Wildman–Crippen MR) is 71.6 cm³/mol. The summed E-state index contributed by atoms with van der Waals surface area (Å²) < 4.78 is 38.3. The van der Waals surface area contributed by atoms with Gasteiger partial charge < -0.3 is 10.6 Å². The Hall–Kier alpha value is -2.56. The monoisotopic (exact) mass is 313 g/mol. The van der Waals surface area contributed by atoms with E-state index < -0.39 is 29.1 Å². The van der Waals surface area contributed by atoms with Gasteiger partial charge in [-0.05, 0) is 18.6 Å². The summed E-state index contributed by atoms with van der Waals surface area (Å²) >= 11 is 0. The van der Waals surface area contributed by atoms with Gasteiger partial charge in [0, 0.05) is 13.1 Å². The molecule has 0 saturated carbocycles. The number of nitrogens with zero attached hydrogens (tertiary/aromatic N) is 1. The number of amides is 2. The molecule has 0 aromatic heterocycles. The highest BCUT2D eigenvalue weighted by Crippen LogP contribution is 2.31. The molecule has 0 aliphatic rings. The van der Waals surface area contributed by atoms with Crippen molar-refractivity contribution in [3.63, 3.8) is 0 Å². The van der Waals surface area contributed by atoms with E-state index in [9.17, 15) is 22.8 Å². The van der Waals surface area contributed by atoms with E-state index in [1.54, 1.807) is 6.07 Å². The van der Waals surface area contributed by atoms with Crippen LogP contribution in [-0.4, -0.2) is 24.9 Å². The van der Waals surface area contributed by atoms with E-state index in [-0.39, 0.29) is 19.5 Å². The van der Waals surface area contributed by atoms with Crippen molar-refractivity contribution in [3.05, 3.63) is 35.4 Å². The first-order valence-electron chi connectivity index (χ1n) is 6.44. The van der Waals surface area contributed by atoms with Crippen LogP contribution in [0.4, 0.5) is 13.2 Å². The zero-order valence-corrected chi connectivity index (χ0v) is 11.5. The van der Waals surface area contributed by atoms with Crippen LogP contribution in [0.25, 0.3) is 0 Å². The maximum atomic E-state index is 12.8. The van der Waals surface area contributed by atoms with Crippen LogP contribution in [0.1, 0.15) is 28.8 Å². The fourth-order valence-electron chi connectivity index (χ4n) is 1.68. The summed E-state index contributed by atoms with van der Waals surface area (Å²) in [4.78, 5) is 22.7. The maximum Gasteiger partial charge on any atom is 0.417 e. The first-order chi connectivity index (χ1) is 10.4. The summed E-state index contributed by atoms with van der Waals surface area (Å²) in [6, 6.07) is 6.19. The average molecular weight is 313 g/mol. The van der Waals surface area contributed by atoms with Gasteiger partial charge in [-0.15, -0.1) is 0 Å². The lowest BCUT2D eigenvalue weighted by molar-refractivity contribution is -0.138. The first kappa shape index (κ1) is 17.5. The van der Waals surface area contributed by atoms with Crippen LogP contribution in [0.3, 0.4) is 0 Å². The maximum absolute atomic E-state index is 12.8. The number of benzene rings is 1. The number of hydrogen-bond donors (Lipinski definition) is 2. The molecule has 2 amide bonds. The summed E-state index contributed by atoms with van der Waals surface area (Å²) in [5, 5.41) is 13.1. The minimum absolute atomic E-state index is 0.109. The lowest BCUT2D eigenvalue weighted by Gasteiger charge is -2.12. The molecule has 1 aromatic carbocycles. The Morgan fingerprint density at radius 1 is 1.14 bits per heavy atom. The molecule has 118 valence electrons. The summed E-state index contributed by atoms with van der Waals surface area (Å²) in [5.41, 5.74) is -1.43. The lowest BCUT2D eigenvalue weighted by Crippen LogP contribution is -2.30. The van der Waals surface area contributed by atoms with Gasteiger partial charge in [-0.3, -0.25) is 9.59 Å². The highest BCUT2D eigenvalue weighted by atomic mass is 19.4. The topological polar surface area (TPSA) is 82.0 Å². The minimum Gasteiger partial charge on any atom is -0.355 e. The Labute approximate surface area is 125 Å². The van der Waals surface area contributed by atoms with E-state index in [1.165, 1.54) is 12.1 Å². The van der Waals surface area contributed by atoms with Crippen molar-refractivity contribution < 1.29 is 22.8 Å². The molecule has 0 spiro atoms. The number of nitrogens with one attached hydrogen (secondary N) is 2. The van der Waals surface area contributed by atoms with E-state index in [0.29, 0.717) is 6.42 Å². The molecule has 5 nitrogen and oxygen atoms in total. The molecule has 0 radical (unpaired) electrons. The molecular weight excluding hydrogens is 299 g/mol. The van der Waals surface area contributed by atoms with Crippen LogP contribution in [-0.2, 0) is 11.0 Å². The van der Waals surface area contributed by atoms with Gasteiger partial charge in [-0.2, -0.15) is 18.4 Å². The van der Waals surface area contributed by atoms with E-state index in [4.69, 9.17) is 5.26 Å². The number of carbonyl (C=O) groups excluding carboxylic acids is 2. The molecule has 0 fully saturated rings. The van der Waals surface area contributed by atoms with Gasteiger partial charge >= 0.3 is 6.18 Å². The van der Waals surface area contributed by atoms with Crippen molar-refractivity contribution in [1.29, 1.82) is 5.26 Å². The Bertz CT molecular complexity index is 579. The number of carbonyl (C=O) groups is 2. The van der Waals surface area contributed by atoms with Crippen LogP contribution in [0.2, 0.25) is 0 Å². The first-order valence-corrected chi connectivity index (χ1v) is 6.44. The molecular formula is C14H14F3N3O2. The van der Waals surface area contributed by atoms with Gasteiger partial charge in [0.15, 0.2) is 0 Å². The molecule has 1 rings (SSSR count). The Kier molecular flexibility index (Phi) is 6.38. The Morgan fingerprint density at radius 2 is 1.77 bits per heavy atom. The molecule has 22 heavy (non-hydrogen) atoms. The summed E-state index contributed by atoms with van der Waals surface area (Å²) in [6.45, 7) is 0.333. The zero-order chi connectivity index (χ0) is 16.6. The normalized spacial score (nSPS) is 10.6. The SMILES string of the molecule is N#CCC(=O)NCCCNC(=O)c1ccccc1C(F)(F)F. The summed E-state index contributed by atoms with van der Waals surface area (Å²) in [5.74, 6) is -1.26. The molecule has 0 heterocycles. The van der Waals surface area contributed by atoms with Crippen LogP contribution >= 0.6 is 0 Å². The van der Waals surface area contributed by atoms with Crippen molar-refractivity contribution in [1.82, 2.24) is 10.6 Å². The van der Waals surface area contributed by atoms with Crippen molar-refractivity contribution in [2.45, 2.75) is 19.0 Å². The smallest absolute Gasteiger partial charge is 0.355 e. The van der Waals surface area contributed by atoms with E-state index in [0.717, 1.165) is 12.1 Å². The largest absolute Gasteiger partial charge is 0.417 e. The Balaban J connectivity index is 2.47. The molecule has 0 aliphatic heterocycles. The van der Waals surface area contributed by atoms with Gasteiger partial charge in [-0.1, -0.05) is 12.1 Å². The number of rotatable bonds is 6. The Morgan fingerprint density at radius 3 is 2.41 bits per heavy atom. The second-order valence-electron chi connectivity index (χ2n) is 4.34. The third-order valence-corrected chi connectivity index (χ3v) is 2.68. The van der Waals surface area contributed by atoms with E-state index in [1.807, 2.05) is 0 Å². The summed E-state index contributed by atoms with van der Waals surface area (Å²) in [7, 11) is 0. The predicted octanol–water partition coefficient (Wildman–Crippen LogP) is 1.86. The molecule has 2 N–H and O–H groups in total. The van der Waals surface area contributed by atoms with Crippen molar-refractivity contribution in [3.8, 4) is 6.07 Å². The molecule has 8 heteroatoms. The molecule has 0 bridgehead atoms. The number of hydrogen-bond acceptors (Lipinski definition) is 3. The van der Waals surface area contributed by atoms with Crippen LogP contribution in [0, 0.1) is 11.3 Å². The lowest BCUT2D eigenvalue weighted by atomic mass is 10.1. The molecule has 0 saturated heterocycles. The van der Waals surface area contributed by atoms with Gasteiger partial charge in [-0.25, -0.2) is 0 Å². The second kappa shape index (κ2) is 8.02. The van der Waals surface area contributed by atoms with Crippen molar-refractivity contribution >= 4 is 11.8 Å². The fourth-order valence-corrected chi connectivity index (χ4v) is 1.68. The molecule has 0 unspecified atom stereocenters. The van der Waals surface area contributed by atoms with Gasteiger partial charge in [0.25, 0.3) is 5.91 Å². The zero-order valence-electron chi connectivity index (χ0n) is 11.5. The minimum atomic E-state index is -4.60. The third kappa shape index (κ3) is 5.44. The summed E-state index contributed by atoms with van der Waals surface area (Å²) in [6.07, 6.45) is -4.51. The van der Waals surface area contributed by atoms with E-state index >= 15 is 0 Å². The van der Waals surface area contributed by atoms with Gasteiger partial charge in [0.1, 0.15) is 6.42 Å². The van der Waals surface area contributed by atoms with E-state index in [2.05, 4.69) is 10.6 Å². The van der Waals surface area contributed by atoms with Gasteiger partial charge in [0.05, 0.1) is 17.2 Å². The van der Waals surface area contributed by atoms with Gasteiger partial charge in [0.2, 0.25) is 5.91 Å². The quantitative estimate of drug-likeness (QED) is 0.786. The standard InChI is InChI=1S/C14H14F3N3O2/c15-14(16,17)11-5-2-1-4-10(11)13(22)20-9-3-8-19-12(21)6-7-18/h1-2,4-5H,3,6,8-9H2,(H,19,21)(H,20,22). The third-order valence-electron chi connectivity index (χ3n) is 2.68. The molecule has 0 aliphatic carbocycles. The van der Waals surface area contributed by atoms with Crippen LogP contribution < -0.4 is 10.6 Å². The highest BCUT2D eigenvalue weighted by Gasteiger charge is 2.34. The second-order valence-corrected chi connectivity index (χ2v) is 4.34. The molecule has 1 aromatic rings. The van der Waals surface area contributed by atoms with Crippen LogP contribution in [0.5, 0.6) is 0 Å². The fraction of sp³-hybridized carbons (Fsp3) is 0.357. The highest BCUT2D eigenvalue weighted by molar-refractivity contribution is 5.95. The molecule has 0 atom stereocenters. The van der Waals surface area contributed by atoms with Crippen molar-refractivity contribution in [2.75, 3.05) is 13.1 Å². The average Bonchev–Trinajstić information content (AvgIpc) is 2.46. The van der Waals surface area contributed by atoms with Crippen molar-refractivity contribution in [2.24, 2.45) is 0 Å². The number of halogens is 3. The number of alkyl halides is 3.